The molecule has 0 radical (unpaired) electrons. The third-order valence-electron chi connectivity index (χ3n) is 1.73. The van der Waals surface area contributed by atoms with Crippen molar-refractivity contribution in [2.75, 3.05) is 0 Å². The Bertz CT molecular complexity index is 450. The highest BCUT2D eigenvalue weighted by atomic mass is 35.5. The number of hydrogen-bond donors (Lipinski definition) is 0. The van der Waals surface area contributed by atoms with Gasteiger partial charge in [-0.1, -0.05) is 35.8 Å². The van der Waals surface area contributed by atoms with Crippen LogP contribution in [0.25, 0.3) is 6.08 Å². The number of carbonyl (C=O) groups is 1. The van der Waals surface area contributed by atoms with E-state index in [1.807, 2.05) is 0 Å². The molecule has 0 N–H and O–H groups in total. The van der Waals surface area contributed by atoms with Crippen LogP contribution in [0.1, 0.15) is 12.5 Å². The summed E-state index contributed by atoms with van der Waals surface area (Å²) in [6.07, 6.45) is 2.90. The van der Waals surface area contributed by atoms with E-state index < -0.39 is 5.97 Å². The Hall–Kier alpha value is -1.25. The van der Waals surface area contributed by atoms with Crippen molar-refractivity contribution in [2.45, 2.75) is 6.92 Å². The molecule has 1 rings (SSSR count). The van der Waals surface area contributed by atoms with E-state index in [2.05, 4.69) is 6.58 Å². The first-order valence-electron chi connectivity index (χ1n) is 4.49. The van der Waals surface area contributed by atoms with Gasteiger partial charge in [0.25, 0.3) is 0 Å². The maximum atomic E-state index is 11.0. The Kier molecular flexibility index (Phi) is 4.59. The summed E-state index contributed by atoms with van der Waals surface area (Å²) < 4.78 is 4.78. The largest absolute Gasteiger partial charge is 0.431 e. The molecule has 0 aromatic heterocycles. The summed E-state index contributed by atoms with van der Waals surface area (Å²) in [6, 6.07) is 5.11. The highest BCUT2D eigenvalue weighted by Gasteiger charge is 2.00. The van der Waals surface area contributed by atoms with Crippen molar-refractivity contribution in [2.24, 2.45) is 0 Å². The van der Waals surface area contributed by atoms with Crippen molar-refractivity contribution in [3.63, 3.8) is 0 Å². The van der Waals surface area contributed by atoms with Gasteiger partial charge in [0.15, 0.2) is 0 Å². The summed E-state index contributed by atoms with van der Waals surface area (Å²) >= 11 is 11.6. The van der Waals surface area contributed by atoms with Gasteiger partial charge in [-0.15, -0.1) is 0 Å². The second kappa shape index (κ2) is 5.73. The summed E-state index contributed by atoms with van der Waals surface area (Å²) in [7, 11) is 0. The molecule has 1 aromatic rings. The molecule has 4 heteroatoms. The monoisotopic (exact) mass is 256 g/mol. The van der Waals surface area contributed by atoms with Crippen LogP contribution in [-0.2, 0) is 9.53 Å². The van der Waals surface area contributed by atoms with Gasteiger partial charge < -0.3 is 4.74 Å². The fourth-order valence-corrected chi connectivity index (χ4v) is 1.20. The molecule has 0 aliphatic carbocycles. The van der Waals surface area contributed by atoms with Crippen LogP contribution in [0.5, 0.6) is 0 Å². The number of carbonyl (C=O) groups excluding carboxylic acids is 1. The summed E-state index contributed by atoms with van der Waals surface area (Å²) in [4.78, 5) is 11.0. The molecule has 0 aliphatic rings. The lowest BCUT2D eigenvalue weighted by Gasteiger charge is -1.98. The lowest BCUT2D eigenvalue weighted by molar-refractivity contribution is -0.133. The molecule has 0 atom stereocenters. The Balaban J connectivity index is 2.66. The van der Waals surface area contributed by atoms with E-state index >= 15 is 0 Å². The van der Waals surface area contributed by atoms with Gasteiger partial charge in [0.1, 0.15) is 0 Å². The minimum Gasteiger partial charge on any atom is -0.431 e. The molecule has 0 saturated heterocycles. The summed E-state index contributed by atoms with van der Waals surface area (Å²) in [5.74, 6) is -0.462. The average Bonchev–Trinajstić information content (AvgIpc) is 2.23. The zero-order valence-electron chi connectivity index (χ0n) is 8.67. The Morgan fingerprint density at radius 3 is 2.62 bits per heavy atom. The minimum absolute atomic E-state index is 0.346. The van der Waals surface area contributed by atoms with Gasteiger partial charge in [-0.3, -0.25) is 0 Å². The van der Waals surface area contributed by atoms with Crippen molar-refractivity contribution in [1.29, 1.82) is 0 Å². The van der Waals surface area contributed by atoms with Crippen LogP contribution in [0.4, 0.5) is 0 Å². The molecule has 0 spiro atoms. The van der Waals surface area contributed by atoms with E-state index in [0.717, 1.165) is 5.56 Å². The van der Waals surface area contributed by atoms with E-state index in [-0.39, 0.29) is 0 Å². The van der Waals surface area contributed by atoms with Crippen LogP contribution in [0.3, 0.4) is 0 Å². The van der Waals surface area contributed by atoms with Crippen molar-refractivity contribution in [3.8, 4) is 0 Å². The van der Waals surface area contributed by atoms with E-state index in [9.17, 15) is 4.79 Å². The van der Waals surface area contributed by atoms with Crippen LogP contribution in [0.15, 0.2) is 36.6 Å². The zero-order valence-corrected chi connectivity index (χ0v) is 10.2. The minimum atomic E-state index is -0.462. The zero-order chi connectivity index (χ0) is 12.1. The number of ether oxygens (including phenoxy) is 1. The predicted molar refractivity (Wildman–Crippen MR) is 66.4 cm³/mol. The molecule has 0 unspecified atom stereocenters. The number of benzene rings is 1. The standard InChI is InChI=1S/C12H10Cl2O2/c1-8(2)12(15)16-6-5-9-3-4-10(13)11(14)7-9/h3-7H,1H2,2H3. The Morgan fingerprint density at radius 2 is 2.06 bits per heavy atom. The van der Waals surface area contributed by atoms with E-state index in [4.69, 9.17) is 27.9 Å². The molecular formula is C12H10Cl2O2. The molecule has 0 heterocycles. The quantitative estimate of drug-likeness (QED) is 0.463. The van der Waals surface area contributed by atoms with Crippen molar-refractivity contribution in [3.05, 3.63) is 52.2 Å². The second-order valence-electron chi connectivity index (χ2n) is 3.16. The van der Waals surface area contributed by atoms with Crippen molar-refractivity contribution >= 4 is 35.2 Å². The summed E-state index contributed by atoms with van der Waals surface area (Å²) in [6.45, 7) is 5.04. The molecule has 0 amide bonds. The maximum absolute atomic E-state index is 11.0. The lowest BCUT2D eigenvalue weighted by Crippen LogP contribution is -1.98. The van der Waals surface area contributed by atoms with Crippen LogP contribution < -0.4 is 0 Å². The summed E-state index contributed by atoms with van der Waals surface area (Å²) in [5.41, 5.74) is 1.14. The first-order chi connectivity index (χ1) is 7.50. The number of halogens is 2. The normalized spacial score (nSPS) is 10.4. The van der Waals surface area contributed by atoms with E-state index in [0.29, 0.717) is 15.6 Å². The smallest absolute Gasteiger partial charge is 0.337 e. The third-order valence-corrected chi connectivity index (χ3v) is 2.47. The van der Waals surface area contributed by atoms with Gasteiger partial charge in [0, 0.05) is 5.57 Å². The van der Waals surface area contributed by atoms with E-state index in [1.54, 1.807) is 31.2 Å². The summed E-state index contributed by atoms with van der Waals surface area (Å²) in [5, 5.41) is 0.938. The first-order valence-corrected chi connectivity index (χ1v) is 5.24. The highest BCUT2D eigenvalue weighted by molar-refractivity contribution is 6.42. The molecule has 0 fully saturated rings. The highest BCUT2D eigenvalue weighted by Crippen LogP contribution is 2.23. The van der Waals surface area contributed by atoms with Crippen LogP contribution in [0, 0.1) is 0 Å². The molecule has 84 valence electrons. The molecule has 0 saturated carbocycles. The van der Waals surface area contributed by atoms with E-state index in [1.165, 1.54) is 6.26 Å². The Morgan fingerprint density at radius 1 is 1.38 bits per heavy atom. The first kappa shape index (κ1) is 12.8. The van der Waals surface area contributed by atoms with Crippen molar-refractivity contribution in [1.82, 2.24) is 0 Å². The molecule has 16 heavy (non-hydrogen) atoms. The predicted octanol–water partition coefficient (Wildman–Crippen LogP) is 4.08. The SMILES string of the molecule is C=C(C)C(=O)OC=Cc1ccc(Cl)c(Cl)c1. The lowest BCUT2D eigenvalue weighted by atomic mass is 10.2. The topological polar surface area (TPSA) is 26.3 Å². The number of hydrogen-bond acceptors (Lipinski definition) is 2. The van der Waals surface area contributed by atoms with Crippen LogP contribution in [0.2, 0.25) is 10.0 Å². The second-order valence-corrected chi connectivity index (χ2v) is 3.98. The molecule has 1 aromatic carbocycles. The fraction of sp³-hybridized carbons (Fsp3) is 0.0833. The van der Waals surface area contributed by atoms with Gasteiger partial charge in [0.2, 0.25) is 0 Å². The van der Waals surface area contributed by atoms with Crippen LogP contribution >= 0.6 is 23.2 Å². The maximum Gasteiger partial charge on any atom is 0.337 e. The van der Waals surface area contributed by atoms with Gasteiger partial charge in [-0.05, 0) is 30.7 Å². The fourth-order valence-electron chi connectivity index (χ4n) is 0.891. The number of rotatable bonds is 3. The Labute approximate surface area is 104 Å². The van der Waals surface area contributed by atoms with Gasteiger partial charge in [-0.2, -0.15) is 0 Å². The molecule has 0 bridgehead atoms. The van der Waals surface area contributed by atoms with Gasteiger partial charge in [-0.25, -0.2) is 4.79 Å². The molecule has 2 nitrogen and oxygen atoms in total. The molecule has 0 aliphatic heterocycles. The molecular weight excluding hydrogens is 247 g/mol. The number of esters is 1. The average molecular weight is 257 g/mol. The van der Waals surface area contributed by atoms with Crippen molar-refractivity contribution < 1.29 is 9.53 Å². The third kappa shape index (κ3) is 3.72. The van der Waals surface area contributed by atoms with Gasteiger partial charge in [0.05, 0.1) is 16.3 Å². The van der Waals surface area contributed by atoms with Gasteiger partial charge >= 0.3 is 5.97 Å². The van der Waals surface area contributed by atoms with Crippen LogP contribution in [-0.4, -0.2) is 5.97 Å².